The SMILES string of the molecule is Cc1cc(C)n(-c2ccc(Nc3ccc(NC(=O)Cc4c(F)cccc4Cl)cc3)nn2)n1. The van der Waals surface area contributed by atoms with Gasteiger partial charge in [0.25, 0.3) is 0 Å². The zero-order valence-corrected chi connectivity index (χ0v) is 18.2. The predicted octanol–water partition coefficient (Wildman–Crippen LogP) is 5.00. The third-order valence-corrected chi connectivity index (χ3v) is 5.07. The summed E-state index contributed by atoms with van der Waals surface area (Å²) >= 11 is 5.98. The highest BCUT2D eigenvalue weighted by Crippen LogP contribution is 2.21. The first-order valence-corrected chi connectivity index (χ1v) is 10.2. The van der Waals surface area contributed by atoms with Crippen LogP contribution in [0.2, 0.25) is 5.02 Å². The molecule has 0 fully saturated rings. The minimum absolute atomic E-state index is 0.150. The summed E-state index contributed by atoms with van der Waals surface area (Å²) in [6.07, 6.45) is -0.150. The fraction of sp³-hybridized carbons (Fsp3) is 0.130. The minimum atomic E-state index is -0.503. The molecular formula is C23H20ClFN6O. The molecule has 9 heteroatoms. The summed E-state index contributed by atoms with van der Waals surface area (Å²) in [5.74, 6) is 0.343. The van der Waals surface area contributed by atoms with E-state index in [0.717, 1.165) is 17.1 Å². The molecule has 32 heavy (non-hydrogen) atoms. The van der Waals surface area contributed by atoms with Crippen LogP contribution < -0.4 is 10.6 Å². The second kappa shape index (κ2) is 9.15. The summed E-state index contributed by atoms with van der Waals surface area (Å²) in [6, 6.07) is 17.0. The third kappa shape index (κ3) is 4.92. The lowest BCUT2D eigenvalue weighted by molar-refractivity contribution is -0.115. The molecule has 2 N–H and O–H groups in total. The Labute approximate surface area is 189 Å². The van der Waals surface area contributed by atoms with Crippen LogP contribution in [0.15, 0.2) is 60.7 Å². The van der Waals surface area contributed by atoms with Crippen LogP contribution in [0.25, 0.3) is 5.82 Å². The van der Waals surface area contributed by atoms with Gasteiger partial charge in [-0.05, 0) is 68.4 Å². The van der Waals surface area contributed by atoms with Gasteiger partial charge >= 0.3 is 0 Å². The number of carbonyl (C=O) groups is 1. The van der Waals surface area contributed by atoms with Crippen LogP contribution in [0.3, 0.4) is 0 Å². The molecule has 1 amide bonds. The summed E-state index contributed by atoms with van der Waals surface area (Å²) < 4.78 is 15.6. The molecule has 4 aromatic rings. The number of hydrogen-bond acceptors (Lipinski definition) is 5. The number of benzene rings is 2. The number of carbonyl (C=O) groups excluding carboxylic acids is 1. The molecule has 0 atom stereocenters. The summed E-state index contributed by atoms with van der Waals surface area (Å²) in [5.41, 5.74) is 3.42. The number of rotatable bonds is 6. The van der Waals surface area contributed by atoms with Gasteiger partial charge in [0.1, 0.15) is 5.82 Å². The van der Waals surface area contributed by atoms with Crippen molar-refractivity contribution in [1.82, 2.24) is 20.0 Å². The molecule has 7 nitrogen and oxygen atoms in total. The van der Waals surface area contributed by atoms with Gasteiger partial charge < -0.3 is 10.6 Å². The molecule has 0 unspecified atom stereocenters. The first-order chi connectivity index (χ1) is 15.4. The maximum Gasteiger partial charge on any atom is 0.228 e. The molecule has 0 aliphatic heterocycles. The molecule has 0 aliphatic rings. The van der Waals surface area contributed by atoms with Crippen LogP contribution in [-0.2, 0) is 11.2 Å². The van der Waals surface area contributed by atoms with Gasteiger partial charge in [-0.1, -0.05) is 17.7 Å². The van der Waals surface area contributed by atoms with E-state index in [-0.39, 0.29) is 22.9 Å². The second-order valence-corrected chi connectivity index (χ2v) is 7.65. The van der Waals surface area contributed by atoms with Gasteiger partial charge in [0, 0.05) is 27.7 Å². The van der Waals surface area contributed by atoms with Crippen LogP contribution in [0.1, 0.15) is 17.0 Å². The summed E-state index contributed by atoms with van der Waals surface area (Å²) in [7, 11) is 0. The number of aromatic nitrogens is 4. The Kier molecular flexibility index (Phi) is 6.13. The number of halogens is 2. The van der Waals surface area contributed by atoms with Crippen molar-refractivity contribution in [2.75, 3.05) is 10.6 Å². The van der Waals surface area contributed by atoms with Crippen molar-refractivity contribution in [3.63, 3.8) is 0 Å². The van der Waals surface area contributed by atoms with Crippen molar-refractivity contribution in [2.45, 2.75) is 20.3 Å². The number of amides is 1. The quantitative estimate of drug-likeness (QED) is 0.432. The average molecular weight is 451 g/mol. The van der Waals surface area contributed by atoms with Crippen molar-refractivity contribution in [3.05, 3.63) is 88.5 Å². The Morgan fingerprint density at radius 2 is 1.78 bits per heavy atom. The van der Waals surface area contributed by atoms with Gasteiger partial charge in [-0.25, -0.2) is 9.07 Å². The Hall–Kier alpha value is -3.78. The zero-order valence-electron chi connectivity index (χ0n) is 17.4. The largest absolute Gasteiger partial charge is 0.339 e. The van der Waals surface area contributed by atoms with Gasteiger partial charge in [0.05, 0.1) is 12.1 Å². The van der Waals surface area contributed by atoms with E-state index in [1.165, 1.54) is 12.1 Å². The van der Waals surface area contributed by atoms with E-state index in [1.807, 2.05) is 32.0 Å². The second-order valence-electron chi connectivity index (χ2n) is 7.24. The maximum atomic E-state index is 13.9. The Morgan fingerprint density at radius 1 is 1.03 bits per heavy atom. The van der Waals surface area contributed by atoms with Crippen molar-refractivity contribution in [1.29, 1.82) is 0 Å². The normalized spacial score (nSPS) is 10.8. The molecule has 2 aromatic heterocycles. The molecule has 0 aliphatic carbocycles. The highest BCUT2D eigenvalue weighted by molar-refractivity contribution is 6.31. The highest BCUT2D eigenvalue weighted by Gasteiger charge is 2.12. The number of nitrogens with one attached hydrogen (secondary N) is 2. The monoisotopic (exact) mass is 450 g/mol. The van der Waals surface area contributed by atoms with Crippen LogP contribution in [0.4, 0.5) is 21.6 Å². The van der Waals surface area contributed by atoms with Gasteiger partial charge in [0.15, 0.2) is 11.6 Å². The standard InChI is InChI=1S/C23H20ClFN6O/c1-14-12-15(2)31(30-14)22-11-10-21(28-29-22)26-16-6-8-17(9-7-16)27-23(32)13-18-19(24)4-3-5-20(18)25/h3-12H,13H2,1-2H3,(H,26,28)(H,27,32). The predicted molar refractivity (Wildman–Crippen MR) is 122 cm³/mol. The minimum Gasteiger partial charge on any atom is -0.339 e. The fourth-order valence-corrected chi connectivity index (χ4v) is 3.45. The van der Waals surface area contributed by atoms with Crippen LogP contribution in [-0.4, -0.2) is 25.9 Å². The van der Waals surface area contributed by atoms with Crippen LogP contribution in [0, 0.1) is 19.7 Å². The number of anilines is 3. The lowest BCUT2D eigenvalue weighted by Crippen LogP contribution is -2.15. The molecule has 162 valence electrons. The highest BCUT2D eigenvalue weighted by atomic mass is 35.5. The van der Waals surface area contributed by atoms with Crippen molar-refractivity contribution < 1.29 is 9.18 Å². The summed E-state index contributed by atoms with van der Waals surface area (Å²) in [5, 5.41) is 18.9. The van der Waals surface area contributed by atoms with Gasteiger partial charge in [-0.2, -0.15) is 5.10 Å². The van der Waals surface area contributed by atoms with Crippen LogP contribution in [0.5, 0.6) is 0 Å². The number of aryl methyl sites for hydroxylation is 2. The van der Waals surface area contributed by atoms with E-state index < -0.39 is 5.82 Å². The summed E-state index contributed by atoms with van der Waals surface area (Å²) in [4.78, 5) is 12.3. The Bertz CT molecular complexity index is 1230. The molecule has 4 rings (SSSR count). The number of hydrogen-bond donors (Lipinski definition) is 2. The first kappa shape index (κ1) is 21.5. The van der Waals surface area contributed by atoms with E-state index in [4.69, 9.17) is 11.6 Å². The molecule has 0 saturated carbocycles. The first-order valence-electron chi connectivity index (χ1n) is 9.86. The van der Waals surface area contributed by atoms with E-state index >= 15 is 0 Å². The number of nitrogens with zero attached hydrogens (tertiary/aromatic N) is 4. The smallest absolute Gasteiger partial charge is 0.228 e. The topological polar surface area (TPSA) is 84.7 Å². The van der Waals surface area contributed by atoms with Gasteiger partial charge in [-0.3, -0.25) is 4.79 Å². The Balaban J connectivity index is 1.37. The lowest BCUT2D eigenvalue weighted by Gasteiger charge is -2.09. The lowest BCUT2D eigenvalue weighted by atomic mass is 10.1. The van der Waals surface area contributed by atoms with Crippen LogP contribution >= 0.6 is 11.6 Å². The zero-order chi connectivity index (χ0) is 22.7. The Morgan fingerprint density at radius 3 is 2.41 bits per heavy atom. The van der Waals surface area contributed by atoms with Crippen molar-refractivity contribution in [2.24, 2.45) is 0 Å². The van der Waals surface area contributed by atoms with Crippen molar-refractivity contribution >= 4 is 34.7 Å². The molecule has 0 bridgehead atoms. The van der Waals surface area contributed by atoms with E-state index in [0.29, 0.717) is 17.3 Å². The molecule has 2 heterocycles. The van der Waals surface area contributed by atoms with Crippen molar-refractivity contribution in [3.8, 4) is 5.82 Å². The average Bonchev–Trinajstić information content (AvgIpc) is 3.11. The molecule has 0 radical (unpaired) electrons. The summed E-state index contributed by atoms with van der Waals surface area (Å²) in [6.45, 7) is 3.88. The van der Waals surface area contributed by atoms with E-state index in [2.05, 4.69) is 25.9 Å². The fourth-order valence-electron chi connectivity index (χ4n) is 3.22. The third-order valence-electron chi connectivity index (χ3n) is 4.72. The van der Waals surface area contributed by atoms with E-state index in [1.54, 1.807) is 35.0 Å². The van der Waals surface area contributed by atoms with Gasteiger partial charge in [0.2, 0.25) is 5.91 Å². The van der Waals surface area contributed by atoms with E-state index in [9.17, 15) is 9.18 Å². The molecule has 0 saturated heterocycles. The molecule has 0 spiro atoms. The maximum absolute atomic E-state index is 13.9. The molecule has 2 aromatic carbocycles. The van der Waals surface area contributed by atoms with Gasteiger partial charge in [-0.15, -0.1) is 10.2 Å². The molecular weight excluding hydrogens is 431 g/mol.